The Kier molecular flexibility index (Phi) is 8.69. The Balaban J connectivity index is 2.10. The third kappa shape index (κ3) is 8.98. The van der Waals surface area contributed by atoms with Crippen LogP contribution in [0.15, 0.2) is 48.7 Å². The molecule has 208 valence electrons. The van der Waals surface area contributed by atoms with Crippen LogP contribution in [0, 0.1) is 5.82 Å². The maximum absolute atomic E-state index is 15.3. The highest BCUT2D eigenvalue weighted by Gasteiger charge is 2.35. The molecule has 0 aliphatic rings. The number of nitrogens with two attached hydrogens (primary N) is 1. The summed E-state index contributed by atoms with van der Waals surface area (Å²) in [6.45, 7) is 0. The van der Waals surface area contributed by atoms with Crippen molar-refractivity contribution in [3.05, 3.63) is 65.7 Å². The van der Waals surface area contributed by atoms with E-state index in [1.54, 1.807) is 0 Å². The predicted molar refractivity (Wildman–Crippen MR) is 128 cm³/mol. The van der Waals surface area contributed by atoms with Crippen LogP contribution in [0.5, 0.6) is 28.7 Å². The van der Waals surface area contributed by atoms with E-state index in [-0.39, 0.29) is 11.4 Å². The number of ether oxygens (including phenoxy) is 4. The minimum Gasteiger partial charge on any atom is -0.512 e. The van der Waals surface area contributed by atoms with Crippen LogP contribution in [-0.2, 0) is 0 Å². The molecular formula is C22H11B3F7N3O6. The largest absolute Gasteiger partial charge is 0.573 e. The zero-order valence-corrected chi connectivity index (χ0v) is 20.0. The fourth-order valence-corrected chi connectivity index (χ4v) is 3.03. The van der Waals surface area contributed by atoms with Gasteiger partial charge >= 0.3 is 12.7 Å². The van der Waals surface area contributed by atoms with E-state index >= 15 is 4.39 Å². The Morgan fingerprint density at radius 3 is 2.00 bits per heavy atom. The summed E-state index contributed by atoms with van der Waals surface area (Å²) in [6, 6.07) is 5.29. The number of hydrogen-bond donors (Lipinski definition) is 2. The summed E-state index contributed by atoms with van der Waals surface area (Å²) in [5.41, 5.74) is 3.40. The number of aromatic nitrogens is 1. The number of halogens is 7. The lowest BCUT2D eigenvalue weighted by Gasteiger charge is -2.25. The molecule has 19 heteroatoms. The third-order valence-corrected chi connectivity index (χ3v) is 4.45. The Morgan fingerprint density at radius 2 is 1.41 bits per heavy atom. The molecule has 0 saturated carbocycles. The molecule has 2 aromatic carbocycles. The van der Waals surface area contributed by atoms with Crippen LogP contribution in [0.4, 0.5) is 36.4 Å². The third-order valence-electron chi connectivity index (χ3n) is 4.45. The molecule has 1 heterocycles. The Morgan fingerprint density at radius 1 is 0.805 bits per heavy atom. The van der Waals surface area contributed by atoms with Crippen molar-refractivity contribution in [1.29, 1.82) is 0 Å². The summed E-state index contributed by atoms with van der Waals surface area (Å²) in [4.78, 5) is 28.0. The number of carbonyl (C=O) groups is 2. The molecule has 0 spiro atoms. The Hall–Kier alpha value is -4.57. The lowest BCUT2D eigenvalue weighted by atomic mass is 9.52. The standard InChI is InChI=1S/C22H11B3F7N3O6/c23-20(24,25)40-15-8-10(39-21(27,28)29)1-2-12(15)38-13-3-4-14(41-22(30,31)32)17(26)16(13)19(37)35-9-5-6-34-11(7-9)18(33)36/h1-8H,(H2,33,36)(H,34,35,37). The first-order chi connectivity index (χ1) is 18.8. The van der Waals surface area contributed by atoms with Gasteiger partial charge in [-0.05, 0) is 41.7 Å². The average Bonchev–Trinajstić information content (AvgIpc) is 2.80. The molecule has 41 heavy (non-hydrogen) atoms. The van der Waals surface area contributed by atoms with Gasteiger partial charge in [-0.3, -0.25) is 14.6 Å². The maximum Gasteiger partial charge on any atom is 0.573 e. The fourth-order valence-electron chi connectivity index (χ4n) is 3.03. The Bertz CT molecular complexity index is 1470. The van der Waals surface area contributed by atoms with Gasteiger partial charge in [-0.1, -0.05) is 0 Å². The lowest BCUT2D eigenvalue weighted by molar-refractivity contribution is -0.276. The van der Waals surface area contributed by atoms with Crippen LogP contribution in [0.3, 0.4) is 0 Å². The van der Waals surface area contributed by atoms with E-state index in [1.165, 1.54) is 0 Å². The van der Waals surface area contributed by atoms with Crippen molar-refractivity contribution in [2.75, 3.05) is 5.32 Å². The zero-order valence-electron chi connectivity index (χ0n) is 20.0. The number of pyridine rings is 1. The molecule has 6 radical (unpaired) electrons. The SMILES string of the molecule is [B]C([B])([B])Oc1cc(OC(F)(F)F)ccc1Oc1ccc(OC(F)(F)F)c(F)c1C(=O)Nc1ccnc(C(N)=O)c1. The molecule has 9 nitrogen and oxygen atoms in total. The molecule has 0 fully saturated rings. The first kappa shape index (κ1) is 31.0. The number of anilines is 1. The van der Waals surface area contributed by atoms with E-state index < -0.39 is 70.0 Å². The van der Waals surface area contributed by atoms with E-state index in [4.69, 9.17) is 38.7 Å². The van der Waals surface area contributed by atoms with E-state index in [2.05, 4.69) is 19.8 Å². The van der Waals surface area contributed by atoms with Crippen molar-refractivity contribution >= 4 is 41.0 Å². The topological polar surface area (TPSA) is 122 Å². The molecule has 0 atom stereocenters. The van der Waals surface area contributed by atoms with Gasteiger partial charge in [0.15, 0.2) is 23.1 Å². The molecular weight excluding hydrogens is 568 g/mol. The Labute approximate surface area is 229 Å². The average molecular weight is 579 g/mol. The zero-order chi connectivity index (χ0) is 30.8. The first-order valence-electron chi connectivity index (χ1n) is 10.6. The van der Waals surface area contributed by atoms with Gasteiger partial charge in [-0.25, -0.2) is 4.39 Å². The van der Waals surface area contributed by atoms with Gasteiger partial charge < -0.3 is 30.0 Å². The monoisotopic (exact) mass is 579 g/mol. The van der Waals surface area contributed by atoms with Crippen LogP contribution in [0.2, 0.25) is 0 Å². The number of amides is 2. The van der Waals surface area contributed by atoms with Gasteiger partial charge in [-0.15, -0.1) is 26.3 Å². The lowest BCUT2D eigenvalue weighted by Crippen LogP contribution is -2.37. The number of nitrogens with zero attached hydrogens (tertiary/aromatic N) is 1. The van der Waals surface area contributed by atoms with Crippen LogP contribution < -0.4 is 30.0 Å². The fraction of sp³-hybridized carbons (Fsp3) is 0.136. The van der Waals surface area contributed by atoms with Gasteiger partial charge in [-0.2, -0.15) is 0 Å². The highest BCUT2D eigenvalue weighted by atomic mass is 19.4. The predicted octanol–water partition coefficient (Wildman–Crippen LogP) is 3.66. The molecule has 0 bridgehead atoms. The highest BCUT2D eigenvalue weighted by Crippen LogP contribution is 2.40. The normalized spacial score (nSPS) is 11.9. The van der Waals surface area contributed by atoms with E-state index in [9.17, 15) is 35.9 Å². The quantitative estimate of drug-likeness (QED) is 0.294. The number of primary amides is 1. The van der Waals surface area contributed by atoms with Gasteiger partial charge in [0.1, 0.15) is 46.3 Å². The number of carbonyl (C=O) groups excluding carboxylic acids is 2. The second-order valence-electron chi connectivity index (χ2n) is 7.76. The second-order valence-corrected chi connectivity index (χ2v) is 7.76. The molecule has 0 aliphatic carbocycles. The number of rotatable bonds is 9. The molecule has 1 aromatic heterocycles. The van der Waals surface area contributed by atoms with Crippen LogP contribution >= 0.6 is 0 Å². The van der Waals surface area contributed by atoms with Gasteiger partial charge in [0.25, 0.3) is 11.8 Å². The van der Waals surface area contributed by atoms with Crippen LogP contribution in [-0.4, -0.2) is 58.4 Å². The van der Waals surface area contributed by atoms with Gasteiger partial charge in [0.05, 0.1) is 0 Å². The number of alkyl halides is 6. The minimum absolute atomic E-state index is 0.192. The summed E-state index contributed by atoms with van der Waals surface area (Å²) in [5, 5.41) is -0.391. The van der Waals surface area contributed by atoms with Crippen molar-refractivity contribution in [1.82, 2.24) is 4.98 Å². The van der Waals surface area contributed by atoms with Crippen LogP contribution in [0.1, 0.15) is 20.8 Å². The van der Waals surface area contributed by atoms with E-state index in [0.717, 1.165) is 24.4 Å². The molecule has 3 rings (SSSR count). The molecule has 3 N–H and O–H groups in total. The van der Waals surface area contributed by atoms with Crippen molar-refractivity contribution < 1.29 is 59.3 Å². The highest BCUT2D eigenvalue weighted by molar-refractivity contribution is 6.58. The summed E-state index contributed by atoms with van der Waals surface area (Å²) in [7, 11) is 16.0. The van der Waals surface area contributed by atoms with E-state index in [0.29, 0.717) is 24.3 Å². The summed E-state index contributed by atoms with van der Waals surface area (Å²) in [5.74, 6) is -8.74. The first-order valence-corrected chi connectivity index (χ1v) is 10.6. The number of hydrogen-bond acceptors (Lipinski definition) is 7. The molecule has 0 unspecified atom stereocenters. The van der Waals surface area contributed by atoms with Crippen molar-refractivity contribution in [3.8, 4) is 28.7 Å². The summed E-state index contributed by atoms with van der Waals surface area (Å²) in [6.07, 6.45) is -9.48. The van der Waals surface area contributed by atoms with Crippen LogP contribution in [0.25, 0.3) is 0 Å². The molecule has 0 aliphatic heterocycles. The maximum atomic E-state index is 15.3. The van der Waals surface area contributed by atoms with Gasteiger partial charge in [0, 0.05) is 18.0 Å². The summed E-state index contributed by atoms with van der Waals surface area (Å²) >= 11 is 0. The van der Waals surface area contributed by atoms with E-state index in [1.807, 2.05) is 0 Å². The summed E-state index contributed by atoms with van der Waals surface area (Å²) < 4.78 is 109. The number of benzene rings is 2. The minimum atomic E-state index is -5.37. The molecule has 2 amide bonds. The molecule has 3 aromatic rings. The van der Waals surface area contributed by atoms with Gasteiger partial charge in [0.2, 0.25) is 0 Å². The van der Waals surface area contributed by atoms with Crippen molar-refractivity contribution in [2.24, 2.45) is 5.73 Å². The smallest absolute Gasteiger partial charge is 0.512 e. The number of nitrogens with one attached hydrogen (secondary N) is 1. The van der Waals surface area contributed by atoms with Crippen molar-refractivity contribution in [2.45, 2.75) is 18.0 Å². The second kappa shape index (κ2) is 11.5. The molecule has 0 saturated heterocycles. The van der Waals surface area contributed by atoms with Crippen molar-refractivity contribution in [3.63, 3.8) is 0 Å².